The Balaban J connectivity index is 1.70. The van der Waals surface area contributed by atoms with Crippen molar-refractivity contribution in [3.05, 3.63) is 71.3 Å². The van der Waals surface area contributed by atoms with Crippen molar-refractivity contribution in [3.63, 3.8) is 0 Å². The third-order valence-corrected chi connectivity index (χ3v) is 5.65. The highest BCUT2D eigenvalue weighted by Crippen LogP contribution is 2.24. The average molecular weight is 439 g/mol. The van der Waals surface area contributed by atoms with Gasteiger partial charge in [0.1, 0.15) is 6.04 Å². The lowest BCUT2D eigenvalue weighted by atomic mass is 9.98. The van der Waals surface area contributed by atoms with Crippen molar-refractivity contribution in [1.29, 1.82) is 0 Å². The molecule has 170 valence electrons. The van der Waals surface area contributed by atoms with Gasteiger partial charge in [0.15, 0.2) is 6.23 Å². The molecule has 2 aromatic rings. The molecule has 32 heavy (non-hydrogen) atoms. The molecule has 3 atom stereocenters. The number of hydrogen-bond donors (Lipinski definition) is 1. The Morgan fingerprint density at radius 2 is 1.81 bits per heavy atom. The van der Waals surface area contributed by atoms with E-state index in [-0.39, 0.29) is 18.5 Å². The molecule has 1 aliphatic rings. The molecule has 1 amide bonds. The Kier molecular flexibility index (Phi) is 8.39. The topological polar surface area (TPSA) is 84.9 Å². The van der Waals surface area contributed by atoms with Gasteiger partial charge in [0, 0.05) is 13.0 Å². The zero-order valence-corrected chi connectivity index (χ0v) is 18.5. The quantitative estimate of drug-likeness (QED) is 0.453. The van der Waals surface area contributed by atoms with Crippen molar-refractivity contribution >= 4 is 18.3 Å². The van der Waals surface area contributed by atoms with Gasteiger partial charge in [-0.2, -0.15) is 0 Å². The third-order valence-electron chi connectivity index (χ3n) is 5.65. The van der Waals surface area contributed by atoms with Gasteiger partial charge in [-0.25, -0.2) is 0 Å². The molecule has 2 aromatic carbocycles. The summed E-state index contributed by atoms with van der Waals surface area (Å²) < 4.78 is 10.5. The fourth-order valence-electron chi connectivity index (χ4n) is 3.99. The van der Waals surface area contributed by atoms with E-state index in [0.717, 1.165) is 16.7 Å². The van der Waals surface area contributed by atoms with Gasteiger partial charge in [-0.1, -0.05) is 54.6 Å². The number of nitrogens with one attached hydrogen (secondary N) is 1. The van der Waals surface area contributed by atoms with Gasteiger partial charge in [0.25, 0.3) is 6.47 Å². The molecule has 1 aliphatic heterocycles. The van der Waals surface area contributed by atoms with Crippen LogP contribution in [0.5, 0.6) is 0 Å². The van der Waals surface area contributed by atoms with Crippen LogP contribution >= 0.6 is 0 Å². The Morgan fingerprint density at radius 3 is 2.50 bits per heavy atom. The monoisotopic (exact) mass is 438 g/mol. The molecular formula is C25H30N2O5. The molecule has 3 rings (SSSR count). The van der Waals surface area contributed by atoms with Gasteiger partial charge in [-0.05, 0) is 43.4 Å². The van der Waals surface area contributed by atoms with Crippen molar-refractivity contribution in [3.8, 4) is 0 Å². The summed E-state index contributed by atoms with van der Waals surface area (Å²) in [6.07, 6.45) is 0.927. The first-order valence-electron chi connectivity index (χ1n) is 11.0. The highest BCUT2D eigenvalue weighted by molar-refractivity contribution is 5.83. The lowest BCUT2D eigenvalue weighted by Crippen LogP contribution is -2.55. The van der Waals surface area contributed by atoms with Gasteiger partial charge in [0.2, 0.25) is 5.91 Å². The predicted octanol–water partition coefficient (Wildman–Crippen LogP) is 2.61. The Bertz CT molecular complexity index is 918. The molecule has 7 heteroatoms. The van der Waals surface area contributed by atoms with Crippen LogP contribution in [0.1, 0.15) is 37.0 Å². The molecule has 0 fully saturated rings. The molecule has 0 spiro atoms. The molecule has 0 saturated heterocycles. The van der Waals surface area contributed by atoms with Gasteiger partial charge in [0.05, 0.1) is 12.6 Å². The molecule has 7 nitrogen and oxygen atoms in total. The minimum Gasteiger partial charge on any atom is -0.465 e. The summed E-state index contributed by atoms with van der Waals surface area (Å²) in [7, 11) is 0. The first kappa shape index (κ1) is 23.5. The lowest BCUT2D eigenvalue weighted by molar-refractivity contribution is -0.158. The fourth-order valence-corrected chi connectivity index (χ4v) is 3.99. The number of ether oxygens (including phenoxy) is 2. The normalized spacial score (nSPS) is 17.1. The molecule has 0 saturated carbocycles. The number of hydrogen-bond acceptors (Lipinski definition) is 6. The molecule has 0 aromatic heterocycles. The van der Waals surface area contributed by atoms with Crippen LogP contribution in [-0.4, -0.2) is 48.2 Å². The number of rotatable bonds is 10. The summed E-state index contributed by atoms with van der Waals surface area (Å²) in [4.78, 5) is 38.4. The number of esters is 1. The van der Waals surface area contributed by atoms with E-state index in [0.29, 0.717) is 32.3 Å². The largest absolute Gasteiger partial charge is 0.465 e. The Labute approximate surface area is 188 Å². The first-order valence-corrected chi connectivity index (χ1v) is 11.0. The number of carbonyl (C=O) groups is 3. The molecule has 1 N–H and O–H groups in total. The van der Waals surface area contributed by atoms with Crippen LogP contribution in [0.25, 0.3) is 0 Å². The second-order valence-electron chi connectivity index (χ2n) is 7.84. The number of fused-ring (bicyclic) bond motifs is 1. The van der Waals surface area contributed by atoms with Gasteiger partial charge in [-0.3, -0.25) is 19.7 Å². The van der Waals surface area contributed by atoms with Crippen LogP contribution < -0.4 is 5.32 Å². The summed E-state index contributed by atoms with van der Waals surface area (Å²) >= 11 is 0. The SMILES string of the molecule is CCOC(=O)[C@H](CCc1ccccc1)N[C@@H](C)C(=O)N1Cc2ccccc2C[C@H]1OC=O. The number of benzene rings is 2. The predicted molar refractivity (Wildman–Crippen MR) is 119 cm³/mol. The Hall–Kier alpha value is -3.19. The molecule has 0 aliphatic carbocycles. The van der Waals surface area contributed by atoms with E-state index in [4.69, 9.17) is 9.47 Å². The van der Waals surface area contributed by atoms with Crippen LogP contribution in [0.4, 0.5) is 0 Å². The third kappa shape index (κ3) is 5.95. The van der Waals surface area contributed by atoms with E-state index in [1.54, 1.807) is 18.7 Å². The van der Waals surface area contributed by atoms with Crippen molar-refractivity contribution in [1.82, 2.24) is 10.2 Å². The average Bonchev–Trinajstić information content (AvgIpc) is 2.81. The lowest BCUT2D eigenvalue weighted by Gasteiger charge is -2.37. The van der Waals surface area contributed by atoms with Crippen molar-refractivity contribution in [2.45, 2.75) is 58.0 Å². The molecule has 0 bridgehead atoms. The smallest absolute Gasteiger partial charge is 0.323 e. The Morgan fingerprint density at radius 1 is 1.12 bits per heavy atom. The van der Waals surface area contributed by atoms with E-state index in [1.807, 2.05) is 54.6 Å². The summed E-state index contributed by atoms with van der Waals surface area (Å²) in [5, 5.41) is 3.15. The van der Waals surface area contributed by atoms with Crippen molar-refractivity contribution < 1.29 is 23.9 Å². The molecule has 0 unspecified atom stereocenters. The van der Waals surface area contributed by atoms with Crippen molar-refractivity contribution in [2.24, 2.45) is 0 Å². The summed E-state index contributed by atoms with van der Waals surface area (Å²) in [5.74, 6) is -0.617. The number of amides is 1. The van der Waals surface area contributed by atoms with Crippen LogP contribution in [-0.2, 0) is 43.2 Å². The zero-order chi connectivity index (χ0) is 22.9. The highest BCUT2D eigenvalue weighted by Gasteiger charge is 2.34. The van der Waals surface area contributed by atoms with Crippen molar-refractivity contribution in [2.75, 3.05) is 6.61 Å². The maximum absolute atomic E-state index is 13.3. The minimum absolute atomic E-state index is 0.236. The minimum atomic E-state index is -0.676. The summed E-state index contributed by atoms with van der Waals surface area (Å²) in [6.45, 7) is 4.46. The molecule has 1 heterocycles. The number of aryl methyl sites for hydroxylation is 1. The van der Waals surface area contributed by atoms with Gasteiger partial charge >= 0.3 is 5.97 Å². The van der Waals surface area contributed by atoms with Crippen LogP contribution in [0, 0.1) is 0 Å². The summed E-state index contributed by atoms with van der Waals surface area (Å²) in [5.41, 5.74) is 3.18. The summed E-state index contributed by atoms with van der Waals surface area (Å²) in [6, 6.07) is 16.4. The second-order valence-corrected chi connectivity index (χ2v) is 7.84. The van der Waals surface area contributed by atoms with E-state index < -0.39 is 18.3 Å². The first-order chi connectivity index (χ1) is 15.5. The van der Waals surface area contributed by atoms with E-state index in [1.165, 1.54) is 0 Å². The fraction of sp³-hybridized carbons (Fsp3) is 0.400. The van der Waals surface area contributed by atoms with Gasteiger partial charge < -0.3 is 14.4 Å². The maximum Gasteiger partial charge on any atom is 0.323 e. The number of carbonyl (C=O) groups excluding carboxylic acids is 3. The van der Waals surface area contributed by atoms with E-state index in [9.17, 15) is 14.4 Å². The second kappa shape index (κ2) is 11.4. The van der Waals surface area contributed by atoms with E-state index >= 15 is 0 Å². The number of nitrogens with zero attached hydrogens (tertiary/aromatic N) is 1. The highest BCUT2D eigenvalue weighted by atomic mass is 16.5. The van der Waals surface area contributed by atoms with Gasteiger partial charge in [-0.15, -0.1) is 0 Å². The standard InChI is InChI=1S/C25H30N2O5/c1-3-31-25(30)22(14-13-19-9-5-4-6-10-19)26-18(2)24(29)27-16-21-12-8-7-11-20(21)15-23(27)32-17-28/h4-12,17-18,22-23,26H,3,13-16H2,1-2H3/t18-,22-,23+/m0/s1. The zero-order valence-electron chi connectivity index (χ0n) is 18.5. The van der Waals surface area contributed by atoms with E-state index in [2.05, 4.69) is 5.32 Å². The van der Waals surface area contributed by atoms with Crippen LogP contribution in [0.3, 0.4) is 0 Å². The van der Waals surface area contributed by atoms with Crippen LogP contribution in [0.2, 0.25) is 0 Å². The van der Waals surface area contributed by atoms with Crippen LogP contribution in [0.15, 0.2) is 54.6 Å². The molecular weight excluding hydrogens is 408 g/mol. The molecule has 0 radical (unpaired) electrons. The maximum atomic E-state index is 13.3.